The molecule has 1 atom stereocenters. The Kier molecular flexibility index (Phi) is 4.15. The van der Waals surface area contributed by atoms with Gasteiger partial charge < -0.3 is 11.1 Å². The van der Waals surface area contributed by atoms with E-state index in [9.17, 15) is 0 Å². The molecule has 0 aliphatic heterocycles. The lowest BCUT2D eigenvalue weighted by atomic mass is 10.0. The standard InChI is InChI=1S/C13H22N2/c1-9(2)15-13-7-10(3)5-6-12(13)8-11(4)14/h5-7,9,11,15H,8,14H2,1-4H3. The summed E-state index contributed by atoms with van der Waals surface area (Å²) in [6.07, 6.45) is 0.926. The summed E-state index contributed by atoms with van der Waals surface area (Å²) in [6, 6.07) is 7.17. The van der Waals surface area contributed by atoms with E-state index in [1.807, 2.05) is 6.92 Å². The SMILES string of the molecule is Cc1ccc(CC(C)N)c(NC(C)C)c1. The molecule has 0 spiro atoms. The van der Waals surface area contributed by atoms with Gasteiger partial charge in [-0.25, -0.2) is 0 Å². The largest absolute Gasteiger partial charge is 0.383 e. The van der Waals surface area contributed by atoms with Crippen LogP contribution in [0.25, 0.3) is 0 Å². The van der Waals surface area contributed by atoms with Crippen LogP contribution in [-0.4, -0.2) is 12.1 Å². The lowest BCUT2D eigenvalue weighted by Crippen LogP contribution is -2.20. The first-order chi connectivity index (χ1) is 6.99. The van der Waals surface area contributed by atoms with Crippen LogP contribution in [0.3, 0.4) is 0 Å². The Hall–Kier alpha value is -1.02. The minimum absolute atomic E-state index is 0.209. The second-order valence-electron chi connectivity index (χ2n) is 4.64. The van der Waals surface area contributed by atoms with E-state index in [-0.39, 0.29) is 6.04 Å². The number of hydrogen-bond donors (Lipinski definition) is 2. The van der Waals surface area contributed by atoms with Crippen LogP contribution in [-0.2, 0) is 6.42 Å². The lowest BCUT2D eigenvalue weighted by Gasteiger charge is -2.16. The zero-order chi connectivity index (χ0) is 11.4. The highest BCUT2D eigenvalue weighted by Gasteiger charge is 2.06. The predicted octanol–water partition coefficient (Wildman–Crippen LogP) is 2.71. The molecule has 1 unspecified atom stereocenters. The first-order valence-electron chi connectivity index (χ1n) is 5.60. The second-order valence-corrected chi connectivity index (χ2v) is 4.64. The van der Waals surface area contributed by atoms with E-state index < -0.39 is 0 Å². The fraction of sp³-hybridized carbons (Fsp3) is 0.538. The molecule has 1 aromatic carbocycles. The topological polar surface area (TPSA) is 38.0 Å². The van der Waals surface area contributed by atoms with Crippen LogP contribution in [0, 0.1) is 6.92 Å². The maximum Gasteiger partial charge on any atom is 0.0377 e. The summed E-state index contributed by atoms with van der Waals surface area (Å²) in [5.41, 5.74) is 9.65. The Morgan fingerprint density at radius 2 is 1.93 bits per heavy atom. The third-order valence-electron chi connectivity index (χ3n) is 2.25. The number of aryl methyl sites for hydroxylation is 1. The monoisotopic (exact) mass is 206 g/mol. The molecular weight excluding hydrogens is 184 g/mol. The minimum Gasteiger partial charge on any atom is -0.383 e. The van der Waals surface area contributed by atoms with Gasteiger partial charge in [-0.05, 0) is 51.3 Å². The number of nitrogens with two attached hydrogens (primary N) is 1. The first kappa shape index (κ1) is 12.1. The minimum atomic E-state index is 0.209. The molecule has 0 amide bonds. The van der Waals surface area contributed by atoms with Gasteiger partial charge in [0.2, 0.25) is 0 Å². The number of benzene rings is 1. The molecular formula is C13H22N2. The molecule has 1 rings (SSSR count). The van der Waals surface area contributed by atoms with Crippen molar-refractivity contribution in [2.75, 3.05) is 5.32 Å². The summed E-state index contributed by atoms with van der Waals surface area (Å²) in [5.74, 6) is 0. The summed E-state index contributed by atoms with van der Waals surface area (Å²) in [7, 11) is 0. The number of anilines is 1. The van der Waals surface area contributed by atoms with Crippen molar-refractivity contribution in [3.63, 3.8) is 0 Å². The Morgan fingerprint density at radius 1 is 1.27 bits per heavy atom. The van der Waals surface area contributed by atoms with Crippen LogP contribution in [0.15, 0.2) is 18.2 Å². The molecule has 0 radical (unpaired) electrons. The van der Waals surface area contributed by atoms with E-state index in [1.54, 1.807) is 0 Å². The van der Waals surface area contributed by atoms with Crippen LogP contribution in [0.1, 0.15) is 31.9 Å². The summed E-state index contributed by atoms with van der Waals surface area (Å²) in [6.45, 7) is 8.45. The van der Waals surface area contributed by atoms with Crippen LogP contribution in [0.5, 0.6) is 0 Å². The van der Waals surface area contributed by atoms with E-state index >= 15 is 0 Å². The Morgan fingerprint density at radius 3 is 2.47 bits per heavy atom. The van der Waals surface area contributed by atoms with Gasteiger partial charge in [-0.3, -0.25) is 0 Å². The molecule has 1 aromatic rings. The van der Waals surface area contributed by atoms with Crippen molar-refractivity contribution in [1.29, 1.82) is 0 Å². The summed E-state index contributed by atoms with van der Waals surface area (Å²) in [5, 5.41) is 3.46. The van der Waals surface area contributed by atoms with E-state index in [0.29, 0.717) is 6.04 Å². The molecule has 2 nitrogen and oxygen atoms in total. The van der Waals surface area contributed by atoms with E-state index in [1.165, 1.54) is 16.8 Å². The van der Waals surface area contributed by atoms with Crippen molar-refractivity contribution < 1.29 is 0 Å². The van der Waals surface area contributed by atoms with E-state index in [2.05, 4.69) is 44.3 Å². The van der Waals surface area contributed by atoms with Crippen molar-refractivity contribution >= 4 is 5.69 Å². The lowest BCUT2D eigenvalue weighted by molar-refractivity contribution is 0.736. The predicted molar refractivity (Wildman–Crippen MR) is 67.3 cm³/mol. The van der Waals surface area contributed by atoms with Crippen molar-refractivity contribution in [3.8, 4) is 0 Å². The Bertz CT molecular complexity index is 316. The Balaban J connectivity index is 2.92. The van der Waals surface area contributed by atoms with Crippen molar-refractivity contribution in [2.24, 2.45) is 5.73 Å². The first-order valence-corrected chi connectivity index (χ1v) is 5.60. The molecule has 0 saturated carbocycles. The fourth-order valence-corrected chi connectivity index (χ4v) is 1.66. The molecule has 0 fully saturated rings. The van der Waals surface area contributed by atoms with Crippen LogP contribution in [0.2, 0.25) is 0 Å². The molecule has 0 bridgehead atoms. The van der Waals surface area contributed by atoms with Gasteiger partial charge in [0.15, 0.2) is 0 Å². The quantitative estimate of drug-likeness (QED) is 0.795. The summed E-state index contributed by atoms with van der Waals surface area (Å²) in [4.78, 5) is 0. The van der Waals surface area contributed by atoms with E-state index in [0.717, 1.165) is 6.42 Å². The van der Waals surface area contributed by atoms with Crippen LogP contribution < -0.4 is 11.1 Å². The molecule has 2 heteroatoms. The maximum absolute atomic E-state index is 5.83. The van der Waals surface area contributed by atoms with Crippen molar-refractivity contribution in [3.05, 3.63) is 29.3 Å². The van der Waals surface area contributed by atoms with Gasteiger partial charge in [0.1, 0.15) is 0 Å². The molecule has 0 aliphatic rings. The second kappa shape index (κ2) is 5.17. The molecule has 15 heavy (non-hydrogen) atoms. The van der Waals surface area contributed by atoms with Gasteiger partial charge in [-0.1, -0.05) is 12.1 Å². The van der Waals surface area contributed by atoms with Gasteiger partial charge >= 0.3 is 0 Å². The fourth-order valence-electron chi connectivity index (χ4n) is 1.66. The molecule has 0 aromatic heterocycles. The van der Waals surface area contributed by atoms with Gasteiger partial charge in [-0.2, -0.15) is 0 Å². The van der Waals surface area contributed by atoms with Gasteiger partial charge in [-0.15, -0.1) is 0 Å². The number of nitrogens with one attached hydrogen (secondary N) is 1. The maximum atomic E-state index is 5.83. The number of rotatable bonds is 4. The zero-order valence-corrected chi connectivity index (χ0v) is 10.2. The highest BCUT2D eigenvalue weighted by atomic mass is 14.9. The summed E-state index contributed by atoms with van der Waals surface area (Å²) < 4.78 is 0. The van der Waals surface area contributed by atoms with E-state index in [4.69, 9.17) is 5.73 Å². The normalized spacial score (nSPS) is 12.9. The molecule has 0 heterocycles. The zero-order valence-electron chi connectivity index (χ0n) is 10.2. The van der Waals surface area contributed by atoms with Crippen LogP contribution in [0.4, 0.5) is 5.69 Å². The van der Waals surface area contributed by atoms with Crippen molar-refractivity contribution in [2.45, 2.75) is 46.2 Å². The third kappa shape index (κ3) is 3.92. The average Bonchev–Trinajstić information content (AvgIpc) is 2.08. The third-order valence-corrected chi connectivity index (χ3v) is 2.25. The Labute approximate surface area is 92.9 Å². The summed E-state index contributed by atoms with van der Waals surface area (Å²) >= 11 is 0. The highest BCUT2D eigenvalue weighted by molar-refractivity contribution is 5.54. The molecule has 3 N–H and O–H groups in total. The molecule has 0 saturated heterocycles. The van der Waals surface area contributed by atoms with Gasteiger partial charge in [0.05, 0.1) is 0 Å². The van der Waals surface area contributed by atoms with Crippen molar-refractivity contribution in [1.82, 2.24) is 0 Å². The molecule has 84 valence electrons. The van der Waals surface area contributed by atoms with Gasteiger partial charge in [0, 0.05) is 17.8 Å². The highest BCUT2D eigenvalue weighted by Crippen LogP contribution is 2.19. The van der Waals surface area contributed by atoms with Gasteiger partial charge in [0.25, 0.3) is 0 Å². The number of hydrogen-bond acceptors (Lipinski definition) is 2. The molecule has 0 aliphatic carbocycles. The average molecular weight is 206 g/mol. The smallest absolute Gasteiger partial charge is 0.0377 e. The van der Waals surface area contributed by atoms with Crippen LogP contribution >= 0.6 is 0 Å².